The van der Waals surface area contributed by atoms with Gasteiger partial charge in [-0.1, -0.05) is 34.8 Å². The lowest BCUT2D eigenvalue weighted by molar-refractivity contribution is 0.466. The molecule has 0 aliphatic heterocycles. The molecule has 4 nitrogen and oxygen atoms in total. The lowest BCUT2D eigenvalue weighted by Gasteiger charge is -2.10. The van der Waals surface area contributed by atoms with E-state index in [4.69, 9.17) is 50.5 Å². The Labute approximate surface area is 124 Å². The summed E-state index contributed by atoms with van der Waals surface area (Å²) in [4.78, 5) is 3.94. The molecule has 0 unspecified atom stereocenters. The van der Waals surface area contributed by atoms with Crippen molar-refractivity contribution in [1.82, 2.24) is 4.98 Å². The Morgan fingerprint density at radius 2 is 1.84 bits per heavy atom. The number of ether oxygens (including phenoxy) is 1. The van der Waals surface area contributed by atoms with Crippen LogP contribution in [0.5, 0.6) is 11.6 Å². The summed E-state index contributed by atoms with van der Waals surface area (Å²) in [5, 5.41) is 9.73. The molecule has 2 rings (SSSR count). The number of nitrogens with two attached hydrogens (primary N) is 1. The van der Waals surface area contributed by atoms with Crippen molar-refractivity contribution >= 4 is 40.5 Å². The van der Waals surface area contributed by atoms with Crippen LogP contribution >= 0.6 is 34.8 Å². The second-order valence-corrected chi connectivity index (χ2v) is 4.71. The molecule has 0 radical (unpaired) electrons. The topological polar surface area (TPSA) is 71.9 Å². The molecule has 0 fully saturated rings. The van der Waals surface area contributed by atoms with Gasteiger partial charge in [-0.15, -0.1) is 0 Å². The molecule has 0 bridgehead atoms. The summed E-state index contributed by atoms with van der Waals surface area (Å²) in [5.41, 5.74) is 6.14. The predicted octanol–water partition coefficient (Wildman–Crippen LogP) is 4.29. The first-order valence-corrected chi connectivity index (χ1v) is 6.13. The van der Waals surface area contributed by atoms with Crippen LogP contribution in [-0.4, -0.2) is 4.98 Å². The molecule has 0 aliphatic carbocycles. The zero-order valence-corrected chi connectivity index (χ0v) is 11.6. The monoisotopic (exact) mass is 313 g/mol. The molecule has 7 heteroatoms. The molecule has 1 aromatic carbocycles. The van der Waals surface area contributed by atoms with Gasteiger partial charge in [0.1, 0.15) is 17.5 Å². The van der Waals surface area contributed by atoms with Crippen LogP contribution in [0.25, 0.3) is 0 Å². The number of halogens is 3. The standard InChI is InChI=1S/C12H6Cl3N3O/c13-7-3-9(15)10(4-8(7)14)19-12-11(17)6(5-16)1-2-18-12/h1-4H,17H2. The minimum atomic E-state index is 0.0827. The smallest absolute Gasteiger partial charge is 0.244 e. The van der Waals surface area contributed by atoms with Gasteiger partial charge in [-0.2, -0.15) is 5.26 Å². The summed E-state index contributed by atoms with van der Waals surface area (Å²) in [6.07, 6.45) is 1.41. The Bertz CT molecular complexity index is 683. The van der Waals surface area contributed by atoms with Crippen molar-refractivity contribution in [3.8, 4) is 17.7 Å². The summed E-state index contributed by atoms with van der Waals surface area (Å²) < 4.78 is 5.46. The van der Waals surface area contributed by atoms with Gasteiger partial charge in [-0.3, -0.25) is 0 Å². The summed E-state index contributed by atoms with van der Waals surface area (Å²) in [5.74, 6) is 0.338. The first-order chi connectivity index (χ1) is 9.02. The van der Waals surface area contributed by atoms with Crippen molar-refractivity contribution in [3.63, 3.8) is 0 Å². The number of benzene rings is 1. The fourth-order valence-corrected chi connectivity index (χ4v) is 1.89. The van der Waals surface area contributed by atoms with E-state index < -0.39 is 0 Å². The number of hydrogen-bond acceptors (Lipinski definition) is 4. The van der Waals surface area contributed by atoms with Gasteiger partial charge in [0.25, 0.3) is 0 Å². The third-order valence-corrected chi connectivity index (χ3v) is 3.27. The average Bonchev–Trinajstić information content (AvgIpc) is 2.38. The van der Waals surface area contributed by atoms with Crippen molar-refractivity contribution in [1.29, 1.82) is 5.26 Å². The number of hydrogen-bond donors (Lipinski definition) is 1. The molecule has 1 heterocycles. The lowest BCUT2D eigenvalue weighted by atomic mass is 10.2. The fourth-order valence-electron chi connectivity index (χ4n) is 1.32. The highest BCUT2D eigenvalue weighted by molar-refractivity contribution is 6.43. The first kappa shape index (κ1) is 13.8. The minimum Gasteiger partial charge on any atom is -0.435 e. The Kier molecular flexibility index (Phi) is 4.01. The van der Waals surface area contributed by atoms with E-state index in [-0.39, 0.29) is 32.9 Å². The maximum absolute atomic E-state index is 8.87. The third kappa shape index (κ3) is 2.85. The molecular weight excluding hydrogens is 309 g/mol. The molecule has 0 aliphatic rings. The van der Waals surface area contributed by atoms with Crippen LogP contribution in [0.1, 0.15) is 5.56 Å². The number of nitrogens with zero attached hydrogens (tertiary/aromatic N) is 2. The zero-order chi connectivity index (χ0) is 14.0. The van der Waals surface area contributed by atoms with Crippen molar-refractivity contribution in [2.24, 2.45) is 0 Å². The summed E-state index contributed by atoms with van der Waals surface area (Å²) in [6.45, 7) is 0. The van der Waals surface area contributed by atoms with Crippen molar-refractivity contribution in [2.45, 2.75) is 0 Å². The maximum Gasteiger partial charge on any atom is 0.244 e. The zero-order valence-electron chi connectivity index (χ0n) is 9.32. The van der Waals surface area contributed by atoms with E-state index in [0.29, 0.717) is 5.02 Å². The molecule has 2 N–H and O–H groups in total. The van der Waals surface area contributed by atoms with Crippen LogP contribution < -0.4 is 10.5 Å². The number of anilines is 1. The SMILES string of the molecule is N#Cc1ccnc(Oc2cc(Cl)c(Cl)cc2Cl)c1N. The van der Waals surface area contributed by atoms with Crippen molar-refractivity contribution in [2.75, 3.05) is 5.73 Å². The molecule has 0 spiro atoms. The van der Waals surface area contributed by atoms with E-state index in [1.807, 2.05) is 6.07 Å². The molecule has 1 aromatic heterocycles. The molecule has 96 valence electrons. The number of pyridine rings is 1. The van der Waals surface area contributed by atoms with Crippen molar-refractivity contribution < 1.29 is 4.74 Å². The fraction of sp³-hybridized carbons (Fsp3) is 0. The largest absolute Gasteiger partial charge is 0.435 e. The second-order valence-electron chi connectivity index (χ2n) is 3.49. The molecule has 0 saturated carbocycles. The minimum absolute atomic E-state index is 0.0827. The van der Waals surface area contributed by atoms with E-state index in [1.54, 1.807) is 0 Å². The summed E-state index contributed by atoms with van der Waals surface area (Å²) in [7, 11) is 0. The van der Waals surface area contributed by atoms with Gasteiger partial charge in [0.05, 0.1) is 20.6 Å². The Hall–Kier alpha value is -1.67. The second kappa shape index (κ2) is 5.54. The number of nitriles is 1. The Morgan fingerprint density at radius 1 is 1.16 bits per heavy atom. The van der Waals surface area contributed by atoms with Crippen LogP contribution in [0.15, 0.2) is 24.4 Å². The molecule has 0 amide bonds. The van der Waals surface area contributed by atoms with Crippen molar-refractivity contribution in [3.05, 3.63) is 45.0 Å². The van der Waals surface area contributed by atoms with Crippen LogP contribution in [0.2, 0.25) is 15.1 Å². The number of aromatic nitrogens is 1. The number of nitrogen functional groups attached to an aromatic ring is 1. The Balaban J connectivity index is 2.43. The Morgan fingerprint density at radius 3 is 2.53 bits per heavy atom. The first-order valence-electron chi connectivity index (χ1n) is 5.00. The molecule has 0 atom stereocenters. The van der Waals surface area contributed by atoms with Crippen LogP contribution in [0, 0.1) is 11.3 Å². The van der Waals surface area contributed by atoms with Gasteiger partial charge >= 0.3 is 0 Å². The van der Waals surface area contributed by atoms with Gasteiger partial charge < -0.3 is 10.5 Å². The molecule has 19 heavy (non-hydrogen) atoms. The van der Waals surface area contributed by atoms with Crippen LogP contribution in [0.3, 0.4) is 0 Å². The highest BCUT2D eigenvalue weighted by Gasteiger charge is 2.12. The summed E-state index contributed by atoms with van der Waals surface area (Å²) in [6, 6.07) is 6.32. The van der Waals surface area contributed by atoms with E-state index in [9.17, 15) is 0 Å². The molecule has 0 saturated heterocycles. The number of rotatable bonds is 2. The van der Waals surface area contributed by atoms with Crippen LogP contribution in [-0.2, 0) is 0 Å². The van der Waals surface area contributed by atoms with E-state index in [1.165, 1.54) is 24.4 Å². The normalized spacial score (nSPS) is 10.0. The van der Waals surface area contributed by atoms with E-state index >= 15 is 0 Å². The van der Waals surface area contributed by atoms with Crippen LogP contribution in [0.4, 0.5) is 5.69 Å². The van der Waals surface area contributed by atoms with Gasteiger partial charge in [0.2, 0.25) is 5.88 Å². The van der Waals surface area contributed by atoms with Gasteiger partial charge in [0, 0.05) is 12.3 Å². The molecular formula is C12H6Cl3N3O. The lowest BCUT2D eigenvalue weighted by Crippen LogP contribution is -1.98. The summed E-state index contributed by atoms with van der Waals surface area (Å²) >= 11 is 17.7. The van der Waals surface area contributed by atoms with E-state index in [0.717, 1.165) is 0 Å². The third-order valence-electron chi connectivity index (χ3n) is 2.26. The molecule has 2 aromatic rings. The highest BCUT2D eigenvalue weighted by atomic mass is 35.5. The predicted molar refractivity (Wildman–Crippen MR) is 74.9 cm³/mol. The van der Waals surface area contributed by atoms with E-state index in [2.05, 4.69) is 4.98 Å². The maximum atomic E-state index is 8.87. The van der Waals surface area contributed by atoms with Gasteiger partial charge in [-0.25, -0.2) is 4.98 Å². The quantitative estimate of drug-likeness (QED) is 0.839. The average molecular weight is 315 g/mol. The highest BCUT2D eigenvalue weighted by Crippen LogP contribution is 2.37. The van der Waals surface area contributed by atoms with Gasteiger partial charge in [-0.05, 0) is 12.1 Å². The van der Waals surface area contributed by atoms with Gasteiger partial charge in [0.15, 0.2) is 0 Å².